The number of aromatic nitrogens is 3. The monoisotopic (exact) mass is 357 g/mol. The van der Waals surface area contributed by atoms with E-state index in [1.54, 1.807) is 28.8 Å². The van der Waals surface area contributed by atoms with E-state index in [-0.39, 0.29) is 30.0 Å². The molecule has 2 aromatic rings. The van der Waals surface area contributed by atoms with Crippen molar-refractivity contribution in [3.05, 3.63) is 40.3 Å². The highest BCUT2D eigenvalue weighted by Crippen LogP contribution is 2.19. The summed E-state index contributed by atoms with van der Waals surface area (Å²) >= 11 is 6.14. The molecule has 0 spiro atoms. The summed E-state index contributed by atoms with van der Waals surface area (Å²) in [5.74, 6) is 0.304. The van der Waals surface area contributed by atoms with Crippen LogP contribution in [-0.2, 0) is 0 Å². The van der Waals surface area contributed by atoms with Crippen molar-refractivity contribution in [2.45, 2.75) is 26.8 Å². The van der Waals surface area contributed by atoms with Crippen LogP contribution < -0.4 is 5.73 Å². The summed E-state index contributed by atoms with van der Waals surface area (Å²) in [4.78, 5) is 18.5. The van der Waals surface area contributed by atoms with Gasteiger partial charge in [0, 0.05) is 25.3 Å². The molecule has 1 atom stereocenters. The van der Waals surface area contributed by atoms with Gasteiger partial charge in [0.2, 0.25) is 0 Å². The highest BCUT2D eigenvalue weighted by Gasteiger charge is 2.21. The van der Waals surface area contributed by atoms with E-state index in [0.717, 1.165) is 11.4 Å². The fourth-order valence-electron chi connectivity index (χ4n) is 2.09. The van der Waals surface area contributed by atoms with Gasteiger partial charge in [0.05, 0.1) is 10.7 Å². The van der Waals surface area contributed by atoms with Gasteiger partial charge in [-0.2, -0.15) is 5.10 Å². The van der Waals surface area contributed by atoms with Crippen molar-refractivity contribution in [1.82, 2.24) is 19.7 Å². The maximum atomic E-state index is 12.5. The molecule has 0 aliphatic rings. The molecule has 0 aliphatic carbocycles. The van der Waals surface area contributed by atoms with Crippen LogP contribution in [0, 0.1) is 13.8 Å². The molecule has 0 radical (unpaired) electrons. The number of carbonyl (C=O) groups excluding carboxylic acids is 1. The standard InChI is InChI=1S/C15H20ClN5O.ClH/c1-9-7-10(2)21(19-9)13-6-5-12(16)14(18-13)15(22)20(4)11(3)8-17;/h5-7,11H,8,17H2,1-4H3;1H. The molecule has 23 heavy (non-hydrogen) atoms. The molecule has 0 aliphatic heterocycles. The zero-order valence-corrected chi connectivity index (χ0v) is 15.1. The molecule has 0 aromatic carbocycles. The lowest BCUT2D eigenvalue weighted by Gasteiger charge is -2.23. The van der Waals surface area contributed by atoms with Crippen LogP contribution in [0.5, 0.6) is 0 Å². The molecular formula is C15H21Cl2N5O. The largest absolute Gasteiger partial charge is 0.336 e. The van der Waals surface area contributed by atoms with Crippen molar-refractivity contribution in [1.29, 1.82) is 0 Å². The Balaban J connectivity index is 0.00000264. The summed E-state index contributed by atoms with van der Waals surface area (Å²) in [6, 6.07) is 5.25. The number of carbonyl (C=O) groups is 1. The quantitative estimate of drug-likeness (QED) is 0.910. The minimum atomic E-state index is -0.258. The first-order chi connectivity index (χ1) is 10.3. The lowest BCUT2D eigenvalue weighted by Crippen LogP contribution is -2.40. The Morgan fingerprint density at radius 1 is 1.43 bits per heavy atom. The number of likely N-dealkylation sites (N-methyl/N-ethyl adjacent to an activating group) is 1. The number of rotatable bonds is 4. The van der Waals surface area contributed by atoms with Gasteiger partial charge in [-0.25, -0.2) is 9.67 Å². The Morgan fingerprint density at radius 3 is 2.61 bits per heavy atom. The van der Waals surface area contributed by atoms with Crippen LogP contribution in [-0.4, -0.2) is 45.2 Å². The van der Waals surface area contributed by atoms with E-state index in [9.17, 15) is 4.79 Å². The predicted octanol–water partition coefficient (Wildman–Crippen LogP) is 2.38. The lowest BCUT2D eigenvalue weighted by molar-refractivity contribution is 0.0742. The molecule has 126 valence electrons. The van der Waals surface area contributed by atoms with Crippen LogP contribution in [0.2, 0.25) is 5.02 Å². The first-order valence-electron chi connectivity index (χ1n) is 7.02. The summed E-state index contributed by atoms with van der Waals surface area (Å²) in [7, 11) is 1.69. The van der Waals surface area contributed by atoms with E-state index < -0.39 is 0 Å². The van der Waals surface area contributed by atoms with E-state index in [0.29, 0.717) is 17.4 Å². The fraction of sp³-hybridized carbons (Fsp3) is 0.400. The van der Waals surface area contributed by atoms with Gasteiger partial charge in [-0.15, -0.1) is 12.4 Å². The number of aryl methyl sites for hydroxylation is 2. The average molecular weight is 358 g/mol. The number of amides is 1. The minimum absolute atomic E-state index is 0. The third-order valence-electron chi connectivity index (χ3n) is 3.58. The van der Waals surface area contributed by atoms with E-state index in [2.05, 4.69) is 10.1 Å². The summed E-state index contributed by atoms with van der Waals surface area (Å²) in [6.45, 7) is 6.08. The molecule has 8 heteroatoms. The average Bonchev–Trinajstić information content (AvgIpc) is 2.84. The van der Waals surface area contributed by atoms with Gasteiger partial charge < -0.3 is 10.6 Å². The van der Waals surface area contributed by atoms with Crippen molar-refractivity contribution in [2.75, 3.05) is 13.6 Å². The number of nitrogens with zero attached hydrogens (tertiary/aromatic N) is 4. The normalized spacial score (nSPS) is 11.7. The van der Waals surface area contributed by atoms with Gasteiger partial charge in [0.15, 0.2) is 5.82 Å². The zero-order valence-electron chi connectivity index (χ0n) is 13.6. The molecule has 2 heterocycles. The van der Waals surface area contributed by atoms with E-state index in [4.69, 9.17) is 17.3 Å². The summed E-state index contributed by atoms with van der Waals surface area (Å²) in [5, 5.41) is 4.68. The van der Waals surface area contributed by atoms with Gasteiger partial charge in [-0.1, -0.05) is 11.6 Å². The first-order valence-corrected chi connectivity index (χ1v) is 7.40. The molecule has 0 saturated carbocycles. The molecule has 0 bridgehead atoms. The second-order valence-electron chi connectivity index (χ2n) is 5.34. The van der Waals surface area contributed by atoms with Crippen molar-refractivity contribution in [3.63, 3.8) is 0 Å². The van der Waals surface area contributed by atoms with Crippen LogP contribution in [0.1, 0.15) is 28.8 Å². The Labute approximate surface area is 147 Å². The number of hydrogen-bond donors (Lipinski definition) is 1. The molecule has 0 fully saturated rings. The maximum absolute atomic E-state index is 12.5. The van der Waals surface area contributed by atoms with E-state index >= 15 is 0 Å². The second-order valence-corrected chi connectivity index (χ2v) is 5.75. The minimum Gasteiger partial charge on any atom is -0.336 e. The summed E-state index contributed by atoms with van der Waals surface area (Å²) in [5.41, 5.74) is 7.64. The molecule has 2 N–H and O–H groups in total. The zero-order chi connectivity index (χ0) is 16.4. The first kappa shape index (κ1) is 19.4. The van der Waals surface area contributed by atoms with Crippen molar-refractivity contribution < 1.29 is 4.79 Å². The van der Waals surface area contributed by atoms with Crippen LogP contribution in [0.4, 0.5) is 0 Å². The molecule has 2 aromatic heterocycles. The van der Waals surface area contributed by atoms with E-state index in [1.165, 1.54) is 0 Å². The van der Waals surface area contributed by atoms with Gasteiger partial charge in [0.1, 0.15) is 5.69 Å². The fourth-order valence-corrected chi connectivity index (χ4v) is 2.27. The third kappa shape index (κ3) is 4.02. The van der Waals surface area contributed by atoms with Gasteiger partial charge in [-0.3, -0.25) is 4.79 Å². The Hall–Kier alpha value is -1.63. The topological polar surface area (TPSA) is 77.0 Å². The van der Waals surface area contributed by atoms with Gasteiger partial charge in [-0.05, 0) is 39.0 Å². The smallest absolute Gasteiger partial charge is 0.274 e. The number of pyridine rings is 1. The maximum Gasteiger partial charge on any atom is 0.274 e. The Morgan fingerprint density at radius 2 is 2.09 bits per heavy atom. The third-order valence-corrected chi connectivity index (χ3v) is 3.89. The lowest BCUT2D eigenvalue weighted by atomic mass is 10.2. The van der Waals surface area contributed by atoms with Crippen molar-refractivity contribution in [3.8, 4) is 5.82 Å². The SMILES string of the molecule is Cc1cc(C)n(-c2ccc(Cl)c(C(=O)N(C)C(C)CN)n2)n1.Cl. The molecule has 0 saturated heterocycles. The van der Waals surface area contributed by atoms with Crippen molar-refractivity contribution in [2.24, 2.45) is 5.73 Å². The van der Waals surface area contributed by atoms with Gasteiger partial charge in [0.25, 0.3) is 5.91 Å². The van der Waals surface area contributed by atoms with Gasteiger partial charge >= 0.3 is 0 Å². The van der Waals surface area contributed by atoms with Crippen LogP contribution in [0.25, 0.3) is 5.82 Å². The summed E-state index contributed by atoms with van der Waals surface area (Å²) in [6.07, 6.45) is 0. The molecule has 6 nitrogen and oxygen atoms in total. The number of nitrogens with two attached hydrogens (primary N) is 1. The highest BCUT2D eigenvalue weighted by atomic mass is 35.5. The molecule has 1 unspecified atom stereocenters. The van der Waals surface area contributed by atoms with E-state index in [1.807, 2.05) is 26.8 Å². The van der Waals surface area contributed by atoms with Crippen molar-refractivity contribution >= 4 is 29.9 Å². The highest BCUT2D eigenvalue weighted by molar-refractivity contribution is 6.33. The van der Waals surface area contributed by atoms with Crippen LogP contribution >= 0.6 is 24.0 Å². The molecular weight excluding hydrogens is 337 g/mol. The molecule has 2 rings (SSSR count). The number of halogens is 2. The predicted molar refractivity (Wildman–Crippen MR) is 93.7 cm³/mol. The van der Waals surface area contributed by atoms with Crippen LogP contribution in [0.3, 0.4) is 0 Å². The molecule has 1 amide bonds. The van der Waals surface area contributed by atoms with Crippen LogP contribution in [0.15, 0.2) is 18.2 Å². The summed E-state index contributed by atoms with van der Waals surface area (Å²) < 4.78 is 1.69. The second kappa shape index (κ2) is 7.77. The Kier molecular flexibility index (Phi) is 6.56. The Bertz CT molecular complexity index is 701. The number of hydrogen-bond acceptors (Lipinski definition) is 4.